The number of esters is 1. The lowest BCUT2D eigenvalue weighted by Gasteiger charge is -2.58. The molecule has 0 spiro atoms. The van der Waals surface area contributed by atoms with Crippen molar-refractivity contribution in [1.82, 2.24) is 0 Å². The summed E-state index contributed by atoms with van der Waals surface area (Å²) in [5, 5.41) is 4.71. The third-order valence-electron chi connectivity index (χ3n) is 13.7. The molecule has 0 N–H and O–H groups in total. The SMILES string of the molecule is CC(C)CCC[C@H](C)[C@@H]1CC[C@@H]2[C@H]3CC=C4C[C@@H](OC(=O)/C=C/c5c6ccccc6cc6ccccc56)CC[C@]4(C)[C@@H]3CC[C@]21C. The Bertz CT molecular complexity index is 1590. The summed E-state index contributed by atoms with van der Waals surface area (Å²) in [6.07, 6.45) is 20.4. The van der Waals surface area contributed by atoms with Crippen LogP contribution in [-0.2, 0) is 9.53 Å². The molecule has 0 radical (unpaired) electrons. The maximum absolute atomic E-state index is 13.2. The number of carbonyl (C=O) groups is 1. The molecule has 8 atom stereocenters. The molecule has 0 amide bonds. The Morgan fingerprint density at radius 2 is 1.61 bits per heavy atom. The first-order valence-corrected chi connectivity index (χ1v) is 18.7. The lowest BCUT2D eigenvalue weighted by molar-refractivity contribution is -0.145. The van der Waals surface area contributed by atoms with E-state index >= 15 is 0 Å². The number of rotatable bonds is 8. The van der Waals surface area contributed by atoms with E-state index in [4.69, 9.17) is 4.74 Å². The van der Waals surface area contributed by atoms with Crippen molar-refractivity contribution in [2.75, 3.05) is 0 Å². The van der Waals surface area contributed by atoms with Gasteiger partial charge in [-0.1, -0.05) is 114 Å². The van der Waals surface area contributed by atoms with Gasteiger partial charge in [-0.3, -0.25) is 0 Å². The third kappa shape index (κ3) is 5.67. The summed E-state index contributed by atoms with van der Waals surface area (Å²) in [6.45, 7) is 12.6. The van der Waals surface area contributed by atoms with E-state index < -0.39 is 0 Å². The van der Waals surface area contributed by atoms with E-state index in [0.29, 0.717) is 5.41 Å². The fourth-order valence-corrected chi connectivity index (χ4v) is 11.3. The van der Waals surface area contributed by atoms with Gasteiger partial charge in [0.25, 0.3) is 0 Å². The fraction of sp³-hybridized carbons (Fsp3) is 0.568. The van der Waals surface area contributed by atoms with Crippen LogP contribution in [0, 0.1) is 46.3 Å². The molecule has 0 unspecified atom stereocenters. The van der Waals surface area contributed by atoms with Crippen LogP contribution in [0.2, 0.25) is 0 Å². The second kappa shape index (κ2) is 12.6. The van der Waals surface area contributed by atoms with Gasteiger partial charge in [0.2, 0.25) is 0 Å². The van der Waals surface area contributed by atoms with Crippen molar-refractivity contribution in [3.63, 3.8) is 0 Å². The van der Waals surface area contributed by atoms with Crippen molar-refractivity contribution in [3.05, 3.63) is 77.9 Å². The van der Waals surface area contributed by atoms with Gasteiger partial charge >= 0.3 is 5.97 Å². The van der Waals surface area contributed by atoms with Gasteiger partial charge in [0, 0.05) is 12.5 Å². The van der Waals surface area contributed by atoms with Crippen molar-refractivity contribution >= 4 is 33.6 Å². The summed E-state index contributed by atoms with van der Waals surface area (Å²) >= 11 is 0. The highest BCUT2D eigenvalue weighted by molar-refractivity contribution is 6.08. The second-order valence-corrected chi connectivity index (χ2v) is 16.7. The van der Waals surface area contributed by atoms with Crippen molar-refractivity contribution in [3.8, 4) is 0 Å². The van der Waals surface area contributed by atoms with Gasteiger partial charge in [-0.05, 0) is 131 Å². The first kappa shape index (κ1) is 31.7. The lowest BCUT2D eigenvalue weighted by Crippen LogP contribution is -2.51. The summed E-state index contributed by atoms with van der Waals surface area (Å²) in [7, 11) is 0. The normalized spacial score (nSPS) is 33.1. The summed E-state index contributed by atoms with van der Waals surface area (Å²) in [4.78, 5) is 13.2. The predicted molar refractivity (Wildman–Crippen MR) is 193 cm³/mol. The average molecular weight is 617 g/mol. The summed E-state index contributed by atoms with van der Waals surface area (Å²) in [5.74, 6) is 4.86. The molecule has 4 aliphatic carbocycles. The Hall–Kier alpha value is -2.87. The standard InChI is InChI=1S/C44H56O2/c1-29(2)11-10-12-30(3)39-20-21-40-38-18-17-33-28-34(23-25-43(33,4)41(38)24-26-44(39,40)5)46-42(45)22-19-37-35-15-8-6-13-31(35)27-32-14-7-9-16-36(32)37/h6-9,13-17,19,22,27,29-30,34,38-41H,10-12,18,20-21,23-26,28H2,1-5H3/b22-19+/t30-,34-,38+,39-,40+,41+,43-,44-/m0/s1. The zero-order valence-corrected chi connectivity index (χ0v) is 29.1. The number of carbonyl (C=O) groups excluding carboxylic acids is 1. The van der Waals surface area contributed by atoms with E-state index in [-0.39, 0.29) is 17.5 Å². The van der Waals surface area contributed by atoms with Crippen LogP contribution in [-0.4, -0.2) is 12.1 Å². The van der Waals surface area contributed by atoms with Crippen LogP contribution in [0.25, 0.3) is 27.6 Å². The van der Waals surface area contributed by atoms with Crippen LogP contribution >= 0.6 is 0 Å². The molecule has 3 aromatic carbocycles. The quantitative estimate of drug-likeness (QED) is 0.109. The molecule has 0 aliphatic heterocycles. The maximum atomic E-state index is 13.2. The summed E-state index contributed by atoms with van der Waals surface area (Å²) < 4.78 is 6.17. The Labute approximate surface area is 278 Å². The van der Waals surface area contributed by atoms with Gasteiger partial charge < -0.3 is 4.74 Å². The summed E-state index contributed by atoms with van der Waals surface area (Å²) in [5.41, 5.74) is 3.47. The minimum atomic E-state index is -0.215. The minimum Gasteiger partial charge on any atom is -0.459 e. The topological polar surface area (TPSA) is 26.3 Å². The molecule has 0 bridgehead atoms. The molecule has 2 heteroatoms. The van der Waals surface area contributed by atoms with E-state index in [0.717, 1.165) is 60.3 Å². The highest BCUT2D eigenvalue weighted by Gasteiger charge is 2.59. The van der Waals surface area contributed by atoms with Gasteiger partial charge in [-0.2, -0.15) is 0 Å². The van der Waals surface area contributed by atoms with Gasteiger partial charge in [-0.25, -0.2) is 4.79 Å². The molecule has 244 valence electrons. The Kier molecular flexibility index (Phi) is 8.71. The van der Waals surface area contributed by atoms with Crippen LogP contribution in [0.4, 0.5) is 0 Å². The first-order chi connectivity index (χ1) is 22.2. The van der Waals surface area contributed by atoms with Crippen LogP contribution in [0.5, 0.6) is 0 Å². The van der Waals surface area contributed by atoms with Crippen molar-refractivity contribution in [2.24, 2.45) is 46.3 Å². The van der Waals surface area contributed by atoms with Crippen molar-refractivity contribution in [1.29, 1.82) is 0 Å². The highest BCUT2D eigenvalue weighted by Crippen LogP contribution is 2.67. The second-order valence-electron chi connectivity index (χ2n) is 16.7. The van der Waals surface area contributed by atoms with E-state index in [1.54, 1.807) is 11.6 Å². The molecule has 4 aliphatic rings. The number of hydrogen-bond donors (Lipinski definition) is 0. The lowest BCUT2D eigenvalue weighted by atomic mass is 9.47. The predicted octanol–water partition coefficient (Wildman–Crippen LogP) is 12.0. The molecular weight excluding hydrogens is 560 g/mol. The smallest absolute Gasteiger partial charge is 0.331 e. The number of benzene rings is 3. The van der Waals surface area contributed by atoms with E-state index in [1.807, 2.05) is 6.08 Å². The zero-order valence-electron chi connectivity index (χ0n) is 29.1. The Morgan fingerprint density at radius 1 is 0.891 bits per heavy atom. The van der Waals surface area contributed by atoms with E-state index in [2.05, 4.69) is 95.3 Å². The molecule has 3 fully saturated rings. The number of allylic oxidation sites excluding steroid dienone is 1. The van der Waals surface area contributed by atoms with Gasteiger partial charge in [0.15, 0.2) is 0 Å². The zero-order chi connectivity index (χ0) is 32.1. The van der Waals surface area contributed by atoms with Crippen LogP contribution in [0.1, 0.15) is 111 Å². The molecule has 7 rings (SSSR count). The van der Waals surface area contributed by atoms with Crippen LogP contribution < -0.4 is 0 Å². The number of ether oxygens (including phenoxy) is 1. The molecule has 3 aromatic rings. The summed E-state index contributed by atoms with van der Waals surface area (Å²) in [6, 6.07) is 19.1. The van der Waals surface area contributed by atoms with E-state index in [1.165, 1.54) is 72.9 Å². The van der Waals surface area contributed by atoms with Crippen molar-refractivity contribution in [2.45, 2.75) is 111 Å². The fourth-order valence-electron chi connectivity index (χ4n) is 11.3. The molecule has 2 nitrogen and oxygen atoms in total. The minimum absolute atomic E-state index is 0.0197. The molecule has 46 heavy (non-hydrogen) atoms. The van der Waals surface area contributed by atoms with Crippen LogP contribution in [0.3, 0.4) is 0 Å². The van der Waals surface area contributed by atoms with Gasteiger partial charge in [0.05, 0.1) is 0 Å². The Morgan fingerprint density at radius 3 is 2.33 bits per heavy atom. The number of hydrogen-bond acceptors (Lipinski definition) is 2. The van der Waals surface area contributed by atoms with Gasteiger partial charge in [0.1, 0.15) is 6.10 Å². The van der Waals surface area contributed by atoms with Crippen molar-refractivity contribution < 1.29 is 9.53 Å². The molecule has 0 heterocycles. The monoisotopic (exact) mass is 616 g/mol. The van der Waals surface area contributed by atoms with Gasteiger partial charge in [-0.15, -0.1) is 0 Å². The molecule has 3 saturated carbocycles. The largest absolute Gasteiger partial charge is 0.459 e. The molecular formula is C44H56O2. The first-order valence-electron chi connectivity index (χ1n) is 18.7. The van der Waals surface area contributed by atoms with Crippen LogP contribution in [0.15, 0.2) is 72.3 Å². The third-order valence-corrected chi connectivity index (χ3v) is 13.7. The van der Waals surface area contributed by atoms with E-state index in [9.17, 15) is 4.79 Å². The molecule has 0 saturated heterocycles. The Balaban J connectivity index is 1.02. The number of fused-ring (bicyclic) bond motifs is 7. The average Bonchev–Trinajstić information content (AvgIpc) is 3.40. The highest BCUT2D eigenvalue weighted by atomic mass is 16.5. The molecule has 0 aromatic heterocycles. The maximum Gasteiger partial charge on any atom is 0.331 e.